The third-order valence-electron chi connectivity index (χ3n) is 3.23. The quantitative estimate of drug-likeness (QED) is 0.511. The van der Waals surface area contributed by atoms with Crippen LogP contribution in [0, 0.1) is 5.92 Å². The molecule has 0 radical (unpaired) electrons. The van der Waals surface area contributed by atoms with Crippen molar-refractivity contribution in [2.75, 3.05) is 20.6 Å². The molecular formula is C10H22N+. The number of quaternary nitrogens is 1. The van der Waals surface area contributed by atoms with Crippen molar-refractivity contribution in [3.05, 3.63) is 0 Å². The van der Waals surface area contributed by atoms with E-state index in [9.17, 15) is 0 Å². The molecule has 2 unspecified atom stereocenters. The lowest BCUT2D eigenvalue weighted by Crippen LogP contribution is -2.53. The Labute approximate surface area is 71.0 Å². The summed E-state index contributed by atoms with van der Waals surface area (Å²) < 4.78 is 1.25. The van der Waals surface area contributed by atoms with Crippen molar-refractivity contribution in [1.29, 1.82) is 0 Å². The number of nitrogens with zero attached hydrogens (tertiary/aromatic N) is 1. The molecule has 66 valence electrons. The summed E-state index contributed by atoms with van der Waals surface area (Å²) in [4.78, 5) is 0. The van der Waals surface area contributed by atoms with Crippen LogP contribution in [0.3, 0.4) is 0 Å². The molecule has 0 N–H and O–H groups in total. The highest BCUT2D eigenvalue weighted by molar-refractivity contribution is 4.66. The van der Waals surface area contributed by atoms with Gasteiger partial charge in [0, 0.05) is 5.92 Å². The summed E-state index contributed by atoms with van der Waals surface area (Å²) in [6, 6.07) is 0.922. The van der Waals surface area contributed by atoms with E-state index >= 15 is 0 Å². The molecule has 0 aromatic heterocycles. The lowest BCUT2D eigenvalue weighted by atomic mass is 9.91. The first-order valence-corrected chi connectivity index (χ1v) is 4.89. The second-order valence-corrected chi connectivity index (χ2v) is 4.71. The van der Waals surface area contributed by atoms with Gasteiger partial charge in [0.25, 0.3) is 0 Å². The van der Waals surface area contributed by atoms with E-state index < -0.39 is 0 Å². The molecule has 0 aliphatic carbocycles. The predicted molar refractivity (Wildman–Crippen MR) is 49.5 cm³/mol. The molecule has 0 amide bonds. The van der Waals surface area contributed by atoms with Crippen LogP contribution in [0.25, 0.3) is 0 Å². The van der Waals surface area contributed by atoms with Gasteiger partial charge in [-0.1, -0.05) is 13.8 Å². The smallest absolute Gasteiger partial charge is 0.0883 e. The van der Waals surface area contributed by atoms with Gasteiger partial charge >= 0.3 is 0 Å². The Balaban J connectivity index is 2.56. The Kier molecular flexibility index (Phi) is 2.58. The van der Waals surface area contributed by atoms with Crippen LogP contribution < -0.4 is 0 Å². The van der Waals surface area contributed by atoms with Crippen molar-refractivity contribution in [1.82, 2.24) is 0 Å². The first-order valence-electron chi connectivity index (χ1n) is 4.89. The summed E-state index contributed by atoms with van der Waals surface area (Å²) in [6.07, 6.45) is 4.23. The minimum absolute atomic E-state index is 0.922. The van der Waals surface area contributed by atoms with Gasteiger partial charge in [-0.25, -0.2) is 0 Å². The molecule has 0 aromatic rings. The molecule has 0 saturated carbocycles. The highest BCUT2D eigenvalue weighted by Gasteiger charge is 2.32. The summed E-state index contributed by atoms with van der Waals surface area (Å²) in [5.41, 5.74) is 0. The van der Waals surface area contributed by atoms with E-state index in [2.05, 4.69) is 27.9 Å². The highest BCUT2D eigenvalue weighted by Crippen LogP contribution is 2.27. The molecule has 1 aliphatic rings. The normalized spacial score (nSPS) is 37.1. The van der Waals surface area contributed by atoms with Crippen molar-refractivity contribution in [2.24, 2.45) is 5.92 Å². The van der Waals surface area contributed by atoms with Gasteiger partial charge in [0.15, 0.2) is 0 Å². The Morgan fingerprint density at radius 1 is 1.27 bits per heavy atom. The summed E-state index contributed by atoms with van der Waals surface area (Å²) in [6.45, 7) is 6.07. The molecule has 1 heteroatoms. The lowest BCUT2D eigenvalue weighted by molar-refractivity contribution is -0.923. The monoisotopic (exact) mass is 156 g/mol. The fourth-order valence-electron chi connectivity index (χ4n) is 2.57. The maximum Gasteiger partial charge on any atom is 0.0883 e. The van der Waals surface area contributed by atoms with Gasteiger partial charge < -0.3 is 4.48 Å². The molecule has 1 aliphatic heterocycles. The molecule has 1 fully saturated rings. The van der Waals surface area contributed by atoms with Crippen molar-refractivity contribution in [2.45, 2.75) is 39.2 Å². The number of rotatable bonds is 1. The molecule has 1 nitrogen and oxygen atoms in total. The second-order valence-electron chi connectivity index (χ2n) is 4.71. The van der Waals surface area contributed by atoms with Crippen LogP contribution in [0.5, 0.6) is 0 Å². The number of piperidine rings is 1. The van der Waals surface area contributed by atoms with E-state index in [1.165, 1.54) is 30.3 Å². The van der Waals surface area contributed by atoms with E-state index in [1.54, 1.807) is 0 Å². The van der Waals surface area contributed by atoms with Gasteiger partial charge in [-0.3, -0.25) is 0 Å². The fourth-order valence-corrected chi connectivity index (χ4v) is 2.57. The van der Waals surface area contributed by atoms with Gasteiger partial charge in [-0.2, -0.15) is 0 Å². The minimum atomic E-state index is 0.922. The van der Waals surface area contributed by atoms with Gasteiger partial charge in [-0.15, -0.1) is 0 Å². The zero-order chi connectivity index (χ0) is 8.48. The average Bonchev–Trinajstić information content (AvgIpc) is 1.85. The molecule has 1 saturated heterocycles. The van der Waals surface area contributed by atoms with Crippen LogP contribution in [0.1, 0.15) is 33.1 Å². The van der Waals surface area contributed by atoms with Gasteiger partial charge in [-0.05, 0) is 19.3 Å². The minimum Gasteiger partial charge on any atom is -0.326 e. The first kappa shape index (κ1) is 9.05. The zero-order valence-corrected chi connectivity index (χ0v) is 8.43. The number of hydrogen-bond acceptors (Lipinski definition) is 0. The SMILES string of the molecule is CCC1CCC(C)C[N+]1(C)C. The molecule has 0 spiro atoms. The van der Waals surface area contributed by atoms with Crippen LogP contribution in [0.4, 0.5) is 0 Å². The highest BCUT2D eigenvalue weighted by atomic mass is 15.3. The predicted octanol–water partition coefficient (Wildman–Crippen LogP) is 2.27. The molecule has 11 heavy (non-hydrogen) atoms. The van der Waals surface area contributed by atoms with E-state index in [0.717, 1.165) is 12.0 Å². The third-order valence-corrected chi connectivity index (χ3v) is 3.23. The van der Waals surface area contributed by atoms with Crippen molar-refractivity contribution >= 4 is 0 Å². The molecule has 0 aromatic carbocycles. The Hall–Kier alpha value is -0.0400. The Morgan fingerprint density at radius 3 is 2.36 bits per heavy atom. The standard InChI is InChI=1S/C10H22N/c1-5-10-7-6-9(2)8-11(10,3)4/h9-10H,5-8H2,1-4H3/q+1. The second kappa shape index (κ2) is 3.14. The van der Waals surface area contributed by atoms with E-state index in [0.29, 0.717) is 0 Å². The number of hydrogen-bond donors (Lipinski definition) is 0. The molecular weight excluding hydrogens is 134 g/mol. The zero-order valence-electron chi connectivity index (χ0n) is 8.43. The first-order chi connectivity index (χ1) is 5.06. The Morgan fingerprint density at radius 2 is 1.91 bits per heavy atom. The van der Waals surface area contributed by atoms with Crippen LogP contribution in [-0.4, -0.2) is 31.2 Å². The van der Waals surface area contributed by atoms with Gasteiger partial charge in [0.2, 0.25) is 0 Å². The molecule has 1 heterocycles. The molecule has 1 rings (SSSR count). The summed E-state index contributed by atoms with van der Waals surface area (Å²) in [5, 5.41) is 0. The van der Waals surface area contributed by atoms with Crippen molar-refractivity contribution in [3.63, 3.8) is 0 Å². The molecule has 0 bridgehead atoms. The summed E-state index contributed by atoms with van der Waals surface area (Å²) in [7, 11) is 4.76. The topological polar surface area (TPSA) is 0 Å². The van der Waals surface area contributed by atoms with Crippen LogP contribution >= 0.6 is 0 Å². The Bertz CT molecular complexity index is 129. The van der Waals surface area contributed by atoms with Crippen molar-refractivity contribution < 1.29 is 4.48 Å². The van der Waals surface area contributed by atoms with Crippen LogP contribution in [0.2, 0.25) is 0 Å². The van der Waals surface area contributed by atoms with E-state index in [-0.39, 0.29) is 0 Å². The third kappa shape index (κ3) is 1.96. The lowest BCUT2D eigenvalue weighted by Gasteiger charge is -2.43. The van der Waals surface area contributed by atoms with Gasteiger partial charge in [0.1, 0.15) is 0 Å². The fraction of sp³-hybridized carbons (Fsp3) is 1.00. The maximum atomic E-state index is 2.38. The van der Waals surface area contributed by atoms with E-state index in [1.807, 2.05) is 0 Å². The van der Waals surface area contributed by atoms with Crippen molar-refractivity contribution in [3.8, 4) is 0 Å². The average molecular weight is 156 g/mol. The summed E-state index contributed by atoms with van der Waals surface area (Å²) in [5.74, 6) is 0.938. The van der Waals surface area contributed by atoms with E-state index in [4.69, 9.17) is 0 Å². The van der Waals surface area contributed by atoms with Gasteiger partial charge in [0.05, 0.1) is 26.7 Å². The van der Waals surface area contributed by atoms with Crippen LogP contribution in [-0.2, 0) is 0 Å². The maximum absolute atomic E-state index is 2.38. The largest absolute Gasteiger partial charge is 0.326 e. The molecule has 2 atom stereocenters. The summed E-state index contributed by atoms with van der Waals surface area (Å²) >= 11 is 0. The van der Waals surface area contributed by atoms with Crippen LogP contribution in [0.15, 0.2) is 0 Å². The number of likely N-dealkylation sites (tertiary alicyclic amines) is 1.